The van der Waals surface area contributed by atoms with Gasteiger partial charge in [0.05, 0.1) is 11.4 Å². The van der Waals surface area contributed by atoms with Gasteiger partial charge in [-0.05, 0) is 6.42 Å². The minimum Gasteiger partial charge on any atom is -0.267 e. The summed E-state index contributed by atoms with van der Waals surface area (Å²) in [5.74, 6) is 0. The van der Waals surface area contributed by atoms with Crippen LogP contribution in [0.1, 0.15) is 11.3 Å². The first-order valence-electron chi connectivity index (χ1n) is 7.69. The van der Waals surface area contributed by atoms with E-state index in [1.165, 1.54) is 4.31 Å². The lowest BCUT2D eigenvalue weighted by Crippen LogP contribution is -2.41. The maximum Gasteiger partial charge on any atom is 0.281 e. The van der Waals surface area contributed by atoms with E-state index >= 15 is 0 Å². The van der Waals surface area contributed by atoms with Crippen molar-refractivity contribution < 1.29 is 8.42 Å². The minimum atomic E-state index is -3.37. The highest BCUT2D eigenvalue weighted by molar-refractivity contribution is 7.86. The number of fused-ring (bicyclic) bond motifs is 1. The lowest BCUT2D eigenvalue weighted by atomic mass is 10.0. The molecule has 6 nitrogen and oxygen atoms in total. The molecule has 0 fully saturated rings. The number of hydrogen-bond acceptors (Lipinski definition) is 3. The van der Waals surface area contributed by atoms with Crippen LogP contribution in [0, 0.1) is 0 Å². The number of aryl methyl sites for hydroxylation is 1. The van der Waals surface area contributed by atoms with E-state index in [4.69, 9.17) is 0 Å². The van der Waals surface area contributed by atoms with E-state index in [0.717, 1.165) is 22.5 Å². The predicted molar refractivity (Wildman–Crippen MR) is 90.2 cm³/mol. The molecule has 0 aliphatic carbocycles. The minimum absolute atomic E-state index is 0.471. The molecule has 1 aliphatic rings. The van der Waals surface area contributed by atoms with Crippen LogP contribution < -0.4 is 0 Å². The smallest absolute Gasteiger partial charge is 0.267 e. The molecule has 23 heavy (non-hydrogen) atoms. The Bertz CT molecular complexity index is 797. The van der Waals surface area contributed by atoms with Crippen LogP contribution in [0.25, 0.3) is 11.3 Å². The summed E-state index contributed by atoms with van der Waals surface area (Å²) in [5, 5.41) is 4.63. The third-order valence-corrected chi connectivity index (χ3v) is 6.21. The maximum atomic E-state index is 12.4. The van der Waals surface area contributed by atoms with E-state index in [1.807, 2.05) is 29.9 Å². The van der Waals surface area contributed by atoms with Gasteiger partial charge in [-0.1, -0.05) is 30.3 Å². The molecular formula is C16H22N4O2S. The molecule has 0 radical (unpaired) electrons. The van der Waals surface area contributed by atoms with Crippen molar-refractivity contribution in [2.75, 3.05) is 27.2 Å². The Morgan fingerprint density at radius 2 is 1.74 bits per heavy atom. The summed E-state index contributed by atoms with van der Waals surface area (Å²) in [6.07, 6.45) is 1.32. The molecular weight excluding hydrogens is 312 g/mol. The summed E-state index contributed by atoms with van der Waals surface area (Å²) >= 11 is 0. The Hall–Kier alpha value is -1.70. The largest absolute Gasteiger partial charge is 0.281 e. The molecule has 1 aromatic heterocycles. The molecule has 0 saturated carbocycles. The molecule has 1 aromatic carbocycles. The molecule has 124 valence electrons. The summed E-state index contributed by atoms with van der Waals surface area (Å²) in [5.41, 5.74) is 4.37. The van der Waals surface area contributed by atoms with Gasteiger partial charge in [-0.2, -0.15) is 22.1 Å². The molecule has 0 spiro atoms. The molecule has 7 heteroatoms. The van der Waals surface area contributed by atoms with Crippen LogP contribution in [0.4, 0.5) is 0 Å². The Morgan fingerprint density at radius 3 is 2.39 bits per heavy atom. The van der Waals surface area contributed by atoms with Crippen molar-refractivity contribution in [3.8, 4) is 11.3 Å². The van der Waals surface area contributed by atoms with E-state index in [-0.39, 0.29) is 0 Å². The van der Waals surface area contributed by atoms with E-state index < -0.39 is 10.2 Å². The van der Waals surface area contributed by atoms with Gasteiger partial charge >= 0.3 is 0 Å². The number of benzene rings is 1. The number of rotatable bonds is 3. The normalized spacial score (nSPS) is 16.3. The second-order valence-corrected chi connectivity index (χ2v) is 8.10. The summed E-state index contributed by atoms with van der Waals surface area (Å²) in [6.45, 7) is 0.956. The quantitative estimate of drug-likeness (QED) is 0.850. The first-order valence-corrected chi connectivity index (χ1v) is 9.08. The second-order valence-electron chi connectivity index (χ2n) is 5.95. The number of aromatic nitrogens is 2. The topological polar surface area (TPSA) is 58.4 Å². The highest BCUT2D eigenvalue weighted by Crippen LogP contribution is 2.29. The van der Waals surface area contributed by atoms with Crippen LogP contribution in [-0.4, -0.2) is 54.0 Å². The molecule has 0 bridgehead atoms. The number of hydrogen-bond donors (Lipinski definition) is 0. The first-order chi connectivity index (χ1) is 10.9. The first kappa shape index (κ1) is 16.2. The van der Waals surface area contributed by atoms with Gasteiger partial charge in [0, 0.05) is 51.8 Å². The van der Waals surface area contributed by atoms with Crippen LogP contribution in [0.15, 0.2) is 30.3 Å². The molecule has 2 heterocycles. The molecule has 0 N–H and O–H groups in total. The van der Waals surface area contributed by atoms with Crippen LogP contribution in [-0.2, 0) is 30.1 Å². The molecule has 0 unspecified atom stereocenters. The van der Waals surface area contributed by atoms with Crippen molar-refractivity contribution in [3.63, 3.8) is 0 Å². The average Bonchev–Trinajstić information content (AvgIpc) is 2.69. The van der Waals surface area contributed by atoms with Crippen LogP contribution in [0.3, 0.4) is 0 Å². The van der Waals surface area contributed by atoms with Crippen molar-refractivity contribution in [1.29, 1.82) is 0 Å². The van der Waals surface area contributed by atoms with Gasteiger partial charge < -0.3 is 0 Å². The fourth-order valence-corrected chi connectivity index (χ4v) is 4.19. The molecule has 0 atom stereocenters. The lowest BCUT2D eigenvalue weighted by Gasteiger charge is -2.23. The van der Waals surface area contributed by atoms with Crippen molar-refractivity contribution in [2.24, 2.45) is 7.05 Å². The monoisotopic (exact) mass is 334 g/mol. The highest BCUT2D eigenvalue weighted by atomic mass is 32.2. The Labute approximate surface area is 137 Å². The Balaban J connectivity index is 1.95. The Kier molecular flexibility index (Phi) is 4.27. The van der Waals surface area contributed by atoms with Gasteiger partial charge in [-0.15, -0.1) is 0 Å². The standard InChI is InChI=1S/C16H22N4O2S/c1-18(2)23(21,22)20-11-9-14-15(10-12-20)17-19(3)16(14)13-7-5-4-6-8-13/h4-8H,9-12H2,1-3H3. The van der Waals surface area contributed by atoms with E-state index in [1.54, 1.807) is 18.4 Å². The van der Waals surface area contributed by atoms with Crippen LogP contribution >= 0.6 is 0 Å². The fraction of sp³-hybridized carbons (Fsp3) is 0.438. The maximum absolute atomic E-state index is 12.4. The molecule has 0 amide bonds. The van der Waals surface area contributed by atoms with Gasteiger partial charge in [0.1, 0.15) is 0 Å². The van der Waals surface area contributed by atoms with E-state index in [9.17, 15) is 8.42 Å². The zero-order valence-electron chi connectivity index (χ0n) is 13.7. The van der Waals surface area contributed by atoms with Gasteiger partial charge in [-0.25, -0.2) is 0 Å². The van der Waals surface area contributed by atoms with Gasteiger partial charge in [0.15, 0.2) is 0 Å². The van der Waals surface area contributed by atoms with Crippen molar-refractivity contribution >= 4 is 10.2 Å². The van der Waals surface area contributed by atoms with E-state index in [0.29, 0.717) is 25.9 Å². The zero-order valence-corrected chi connectivity index (χ0v) is 14.5. The van der Waals surface area contributed by atoms with Crippen LogP contribution in [0.5, 0.6) is 0 Å². The molecule has 1 aliphatic heterocycles. The molecule has 0 saturated heterocycles. The van der Waals surface area contributed by atoms with Crippen molar-refractivity contribution in [3.05, 3.63) is 41.6 Å². The fourth-order valence-electron chi connectivity index (χ4n) is 3.08. The Morgan fingerprint density at radius 1 is 1.09 bits per heavy atom. The van der Waals surface area contributed by atoms with Crippen LogP contribution in [0.2, 0.25) is 0 Å². The SMILES string of the molecule is CN(C)S(=O)(=O)N1CCc2nn(C)c(-c3ccccc3)c2CC1. The molecule has 2 aromatic rings. The third-order valence-electron chi connectivity index (χ3n) is 4.27. The average molecular weight is 334 g/mol. The predicted octanol–water partition coefficient (Wildman–Crippen LogP) is 1.29. The van der Waals surface area contributed by atoms with Crippen molar-refractivity contribution in [1.82, 2.24) is 18.4 Å². The van der Waals surface area contributed by atoms with Crippen molar-refractivity contribution in [2.45, 2.75) is 12.8 Å². The van der Waals surface area contributed by atoms with Gasteiger partial charge in [0.25, 0.3) is 10.2 Å². The summed E-state index contributed by atoms with van der Waals surface area (Å²) in [4.78, 5) is 0. The van der Waals surface area contributed by atoms with E-state index in [2.05, 4.69) is 17.2 Å². The lowest BCUT2D eigenvalue weighted by molar-refractivity contribution is 0.385. The third kappa shape index (κ3) is 2.91. The number of nitrogens with zero attached hydrogens (tertiary/aromatic N) is 4. The summed E-state index contributed by atoms with van der Waals surface area (Å²) in [7, 11) is 1.72. The summed E-state index contributed by atoms with van der Waals surface area (Å²) in [6, 6.07) is 10.1. The summed E-state index contributed by atoms with van der Waals surface area (Å²) < 4.78 is 29.4. The highest BCUT2D eigenvalue weighted by Gasteiger charge is 2.29. The second kappa shape index (κ2) is 6.07. The zero-order chi connectivity index (χ0) is 16.6. The molecule has 3 rings (SSSR count). The van der Waals surface area contributed by atoms with Gasteiger partial charge in [-0.3, -0.25) is 4.68 Å². The van der Waals surface area contributed by atoms with Gasteiger partial charge in [0.2, 0.25) is 0 Å².